The lowest BCUT2D eigenvalue weighted by Gasteiger charge is -2.23. The third-order valence-electron chi connectivity index (χ3n) is 3.93. The van der Waals surface area contributed by atoms with E-state index in [0.717, 1.165) is 10.2 Å². The molecule has 0 bridgehead atoms. The van der Waals surface area contributed by atoms with Crippen molar-refractivity contribution in [2.75, 3.05) is 40.5 Å². The molecule has 0 saturated carbocycles. The van der Waals surface area contributed by atoms with Crippen LogP contribution in [0.15, 0.2) is 40.9 Å². The first-order valence-electron chi connectivity index (χ1n) is 8.20. The summed E-state index contributed by atoms with van der Waals surface area (Å²) in [6.07, 6.45) is 0. The molecule has 0 atom stereocenters. The van der Waals surface area contributed by atoms with Crippen molar-refractivity contribution >= 4 is 21.8 Å². The number of hydrogen-bond donors (Lipinski definition) is 0. The fraction of sp³-hybridized carbons (Fsp3) is 0.316. The van der Waals surface area contributed by atoms with Gasteiger partial charge in [-0.25, -0.2) is 0 Å². The number of ether oxygens (including phenoxy) is 4. The van der Waals surface area contributed by atoms with Crippen LogP contribution in [-0.4, -0.2) is 51.3 Å². The Bertz CT molecular complexity index is 761. The Morgan fingerprint density at radius 3 is 2.65 bits per heavy atom. The smallest absolute Gasteiger partial charge is 0.253 e. The van der Waals surface area contributed by atoms with E-state index in [1.807, 2.05) is 24.3 Å². The van der Waals surface area contributed by atoms with Crippen LogP contribution in [-0.2, 0) is 0 Å². The molecule has 2 aromatic rings. The summed E-state index contributed by atoms with van der Waals surface area (Å²) in [6, 6.07) is 10.9. The number of likely N-dealkylation sites (N-methyl/N-ethyl adjacent to an activating group) is 1. The number of benzene rings is 2. The van der Waals surface area contributed by atoms with Crippen LogP contribution in [0, 0.1) is 0 Å². The standard InChI is InChI=1S/C19H20BrNO5/c1-21(7-8-24-15-5-3-14(20)4-6-15)19(22)13-11-16(23-2)18-17(12-13)25-9-10-26-18/h3-6,11-12H,7-10H2,1-2H3. The fourth-order valence-electron chi connectivity index (χ4n) is 2.55. The molecule has 7 heteroatoms. The number of rotatable bonds is 6. The summed E-state index contributed by atoms with van der Waals surface area (Å²) < 4.78 is 23.1. The van der Waals surface area contributed by atoms with Gasteiger partial charge in [-0.1, -0.05) is 15.9 Å². The minimum absolute atomic E-state index is 0.139. The summed E-state index contributed by atoms with van der Waals surface area (Å²) in [4.78, 5) is 14.3. The van der Waals surface area contributed by atoms with Crippen LogP contribution < -0.4 is 18.9 Å². The van der Waals surface area contributed by atoms with Crippen LogP contribution >= 0.6 is 15.9 Å². The zero-order valence-electron chi connectivity index (χ0n) is 14.7. The van der Waals surface area contributed by atoms with Crippen LogP contribution in [0.3, 0.4) is 0 Å². The topological polar surface area (TPSA) is 57.2 Å². The van der Waals surface area contributed by atoms with E-state index < -0.39 is 0 Å². The second-order valence-electron chi connectivity index (χ2n) is 5.73. The van der Waals surface area contributed by atoms with Gasteiger partial charge in [0.1, 0.15) is 25.6 Å². The number of fused-ring (bicyclic) bond motifs is 1. The van der Waals surface area contributed by atoms with E-state index in [1.54, 1.807) is 24.1 Å². The van der Waals surface area contributed by atoms with Crippen LogP contribution in [0.1, 0.15) is 10.4 Å². The van der Waals surface area contributed by atoms with Crippen molar-refractivity contribution in [3.05, 3.63) is 46.4 Å². The zero-order chi connectivity index (χ0) is 18.5. The van der Waals surface area contributed by atoms with Crippen LogP contribution in [0.25, 0.3) is 0 Å². The Morgan fingerprint density at radius 2 is 1.92 bits per heavy atom. The maximum Gasteiger partial charge on any atom is 0.253 e. The Balaban J connectivity index is 1.63. The number of carbonyl (C=O) groups is 1. The predicted octanol–water partition coefficient (Wildman–Crippen LogP) is 3.38. The highest BCUT2D eigenvalue weighted by Gasteiger charge is 2.22. The Kier molecular flexibility index (Phi) is 5.88. The zero-order valence-corrected chi connectivity index (χ0v) is 16.2. The molecule has 0 radical (unpaired) electrons. The molecule has 0 unspecified atom stereocenters. The SMILES string of the molecule is COc1cc(C(=O)N(C)CCOc2ccc(Br)cc2)cc2c1OCCO2. The summed E-state index contributed by atoms with van der Waals surface area (Å²) >= 11 is 3.38. The number of amides is 1. The number of methoxy groups -OCH3 is 1. The van der Waals surface area contributed by atoms with Crippen molar-refractivity contribution < 1.29 is 23.7 Å². The number of halogens is 1. The molecule has 1 amide bonds. The van der Waals surface area contributed by atoms with Gasteiger partial charge in [-0.15, -0.1) is 0 Å². The average Bonchev–Trinajstić information content (AvgIpc) is 2.67. The van der Waals surface area contributed by atoms with Crippen molar-refractivity contribution in [2.45, 2.75) is 0 Å². The van der Waals surface area contributed by atoms with Gasteiger partial charge in [-0.05, 0) is 36.4 Å². The Labute approximate surface area is 160 Å². The minimum Gasteiger partial charge on any atom is -0.493 e. The number of carbonyl (C=O) groups excluding carboxylic acids is 1. The second-order valence-corrected chi connectivity index (χ2v) is 6.65. The van der Waals surface area contributed by atoms with Crippen LogP contribution in [0.5, 0.6) is 23.0 Å². The van der Waals surface area contributed by atoms with E-state index >= 15 is 0 Å². The van der Waals surface area contributed by atoms with Gasteiger partial charge in [0.05, 0.1) is 13.7 Å². The van der Waals surface area contributed by atoms with Crippen molar-refractivity contribution in [3.63, 3.8) is 0 Å². The summed E-state index contributed by atoms with van der Waals surface area (Å²) in [5.41, 5.74) is 0.484. The maximum absolute atomic E-state index is 12.7. The van der Waals surface area contributed by atoms with E-state index in [0.29, 0.717) is 49.2 Å². The monoisotopic (exact) mass is 421 g/mol. The molecule has 0 aromatic heterocycles. The highest BCUT2D eigenvalue weighted by Crippen LogP contribution is 2.40. The molecule has 1 aliphatic heterocycles. The molecule has 1 aliphatic rings. The number of hydrogen-bond acceptors (Lipinski definition) is 5. The molecule has 0 aliphatic carbocycles. The van der Waals surface area contributed by atoms with Gasteiger partial charge < -0.3 is 23.8 Å². The van der Waals surface area contributed by atoms with Gasteiger partial charge in [0, 0.05) is 17.1 Å². The van der Waals surface area contributed by atoms with Crippen LogP contribution in [0.2, 0.25) is 0 Å². The summed E-state index contributed by atoms with van der Waals surface area (Å²) in [5, 5.41) is 0. The van der Waals surface area contributed by atoms with Gasteiger partial charge in [-0.3, -0.25) is 4.79 Å². The molecule has 3 rings (SSSR count). The molecular weight excluding hydrogens is 402 g/mol. The lowest BCUT2D eigenvalue weighted by molar-refractivity contribution is 0.0772. The lowest BCUT2D eigenvalue weighted by atomic mass is 10.1. The molecule has 26 heavy (non-hydrogen) atoms. The van der Waals surface area contributed by atoms with E-state index in [-0.39, 0.29) is 5.91 Å². The highest BCUT2D eigenvalue weighted by molar-refractivity contribution is 9.10. The third-order valence-corrected chi connectivity index (χ3v) is 4.46. The first-order chi connectivity index (χ1) is 12.6. The van der Waals surface area contributed by atoms with Crippen molar-refractivity contribution in [1.82, 2.24) is 4.90 Å². The molecule has 0 saturated heterocycles. The van der Waals surface area contributed by atoms with Crippen molar-refractivity contribution in [1.29, 1.82) is 0 Å². The van der Waals surface area contributed by atoms with E-state index in [1.165, 1.54) is 7.11 Å². The summed E-state index contributed by atoms with van der Waals surface area (Å²) in [7, 11) is 3.27. The number of nitrogens with zero attached hydrogens (tertiary/aromatic N) is 1. The van der Waals surface area contributed by atoms with Gasteiger partial charge in [0.25, 0.3) is 5.91 Å². The van der Waals surface area contributed by atoms with Crippen LogP contribution in [0.4, 0.5) is 0 Å². The van der Waals surface area contributed by atoms with Gasteiger partial charge in [0.2, 0.25) is 5.75 Å². The van der Waals surface area contributed by atoms with Gasteiger partial charge in [0.15, 0.2) is 11.5 Å². The molecule has 1 heterocycles. The van der Waals surface area contributed by atoms with E-state index in [4.69, 9.17) is 18.9 Å². The largest absolute Gasteiger partial charge is 0.493 e. The van der Waals surface area contributed by atoms with Crippen molar-refractivity contribution in [3.8, 4) is 23.0 Å². The summed E-state index contributed by atoms with van der Waals surface area (Å²) in [6.45, 7) is 1.76. The molecular formula is C19H20BrNO5. The molecule has 0 N–H and O–H groups in total. The lowest BCUT2D eigenvalue weighted by Crippen LogP contribution is -2.31. The third kappa shape index (κ3) is 4.22. The van der Waals surface area contributed by atoms with Gasteiger partial charge >= 0.3 is 0 Å². The van der Waals surface area contributed by atoms with E-state index in [9.17, 15) is 4.79 Å². The van der Waals surface area contributed by atoms with E-state index in [2.05, 4.69) is 15.9 Å². The first kappa shape index (κ1) is 18.4. The molecule has 138 valence electrons. The minimum atomic E-state index is -0.139. The molecule has 0 fully saturated rings. The Hall–Kier alpha value is -2.41. The van der Waals surface area contributed by atoms with Crippen molar-refractivity contribution in [2.24, 2.45) is 0 Å². The second kappa shape index (κ2) is 8.31. The molecule has 6 nitrogen and oxygen atoms in total. The predicted molar refractivity (Wildman–Crippen MR) is 101 cm³/mol. The molecule has 2 aromatic carbocycles. The average molecular weight is 422 g/mol. The van der Waals surface area contributed by atoms with Gasteiger partial charge in [-0.2, -0.15) is 0 Å². The fourth-order valence-corrected chi connectivity index (χ4v) is 2.81. The normalized spacial score (nSPS) is 12.4. The molecule has 0 spiro atoms. The maximum atomic E-state index is 12.7. The Morgan fingerprint density at radius 1 is 1.19 bits per heavy atom. The first-order valence-corrected chi connectivity index (χ1v) is 8.99. The summed E-state index contributed by atoms with van der Waals surface area (Å²) in [5.74, 6) is 2.18. The highest BCUT2D eigenvalue weighted by atomic mass is 79.9. The quantitative estimate of drug-likeness (QED) is 0.715.